The molecule has 0 aliphatic carbocycles. The van der Waals surface area contributed by atoms with Gasteiger partial charge in [0, 0.05) is 71.5 Å². The third-order valence-corrected chi connectivity index (χ3v) is 5.92. The Kier molecular flexibility index (Phi) is 8.13. The van der Waals surface area contributed by atoms with Crippen molar-refractivity contribution in [2.45, 2.75) is 26.4 Å². The quantitative estimate of drug-likeness (QED) is 0.591. The van der Waals surface area contributed by atoms with E-state index in [2.05, 4.69) is 76.1 Å². The summed E-state index contributed by atoms with van der Waals surface area (Å²) >= 11 is 0. The number of rotatable bonds is 6. The fraction of sp³-hybridized carbons (Fsp3) is 0.682. The highest BCUT2D eigenvalue weighted by Crippen LogP contribution is 2.10. The van der Waals surface area contributed by atoms with Crippen LogP contribution in [0.25, 0.3) is 0 Å². The molecule has 2 fully saturated rings. The summed E-state index contributed by atoms with van der Waals surface area (Å²) in [7, 11) is 2.21. The van der Waals surface area contributed by atoms with Crippen molar-refractivity contribution < 1.29 is 0 Å². The molecular weight excluding hydrogens is 348 g/mol. The van der Waals surface area contributed by atoms with Crippen molar-refractivity contribution >= 4 is 5.96 Å². The zero-order valence-electron chi connectivity index (χ0n) is 18.0. The van der Waals surface area contributed by atoms with Gasteiger partial charge in [-0.1, -0.05) is 30.3 Å². The van der Waals surface area contributed by atoms with E-state index in [9.17, 15) is 0 Å². The number of hydrogen-bond donors (Lipinski definition) is 1. The van der Waals surface area contributed by atoms with Gasteiger partial charge >= 0.3 is 0 Å². The number of likely N-dealkylation sites (N-methyl/N-ethyl adjacent to an activating group) is 1. The summed E-state index contributed by atoms with van der Waals surface area (Å²) < 4.78 is 0. The maximum Gasteiger partial charge on any atom is 0.194 e. The van der Waals surface area contributed by atoms with E-state index in [4.69, 9.17) is 4.99 Å². The SMILES string of the molecule is CCNC(=NCC(C)N1CCN(C)CC1)N1CCN(Cc2ccccc2)CC1. The van der Waals surface area contributed by atoms with E-state index in [1.165, 1.54) is 5.56 Å². The molecule has 1 atom stereocenters. The molecule has 1 N–H and O–H groups in total. The topological polar surface area (TPSA) is 37.4 Å². The van der Waals surface area contributed by atoms with Crippen LogP contribution in [0, 0.1) is 0 Å². The fourth-order valence-corrected chi connectivity index (χ4v) is 3.98. The first-order valence-corrected chi connectivity index (χ1v) is 10.9. The molecule has 2 heterocycles. The van der Waals surface area contributed by atoms with Gasteiger partial charge in [0.15, 0.2) is 5.96 Å². The van der Waals surface area contributed by atoms with Crippen molar-refractivity contribution in [2.24, 2.45) is 4.99 Å². The first kappa shape index (κ1) is 21.1. The molecule has 2 saturated heterocycles. The number of benzene rings is 1. The fourth-order valence-electron chi connectivity index (χ4n) is 3.98. The molecule has 6 heteroatoms. The third kappa shape index (κ3) is 6.19. The van der Waals surface area contributed by atoms with E-state index < -0.39 is 0 Å². The highest BCUT2D eigenvalue weighted by Gasteiger charge is 2.21. The van der Waals surface area contributed by atoms with E-state index >= 15 is 0 Å². The first-order chi connectivity index (χ1) is 13.7. The van der Waals surface area contributed by atoms with Crippen molar-refractivity contribution in [3.63, 3.8) is 0 Å². The maximum absolute atomic E-state index is 5.00. The minimum Gasteiger partial charge on any atom is -0.357 e. The smallest absolute Gasteiger partial charge is 0.194 e. The third-order valence-electron chi connectivity index (χ3n) is 5.92. The van der Waals surface area contributed by atoms with Crippen LogP contribution < -0.4 is 5.32 Å². The van der Waals surface area contributed by atoms with Gasteiger partial charge in [0.25, 0.3) is 0 Å². The number of nitrogens with one attached hydrogen (secondary N) is 1. The Bertz CT molecular complexity index is 588. The maximum atomic E-state index is 5.00. The van der Waals surface area contributed by atoms with Gasteiger partial charge in [0.1, 0.15) is 0 Å². The second-order valence-corrected chi connectivity index (χ2v) is 8.13. The van der Waals surface area contributed by atoms with Gasteiger partial charge in [0.2, 0.25) is 0 Å². The Hall–Kier alpha value is -1.63. The lowest BCUT2D eigenvalue weighted by Crippen LogP contribution is -2.53. The number of hydrogen-bond acceptors (Lipinski definition) is 4. The lowest BCUT2D eigenvalue weighted by atomic mass is 10.2. The average Bonchev–Trinajstić information content (AvgIpc) is 2.73. The molecule has 1 aromatic carbocycles. The predicted molar refractivity (Wildman–Crippen MR) is 118 cm³/mol. The molecule has 28 heavy (non-hydrogen) atoms. The van der Waals surface area contributed by atoms with E-state index in [-0.39, 0.29) is 0 Å². The summed E-state index contributed by atoms with van der Waals surface area (Å²) in [4.78, 5) is 15.0. The zero-order chi connectivity index (χ0) is 19.8. The molecule has 0 saturated carbocycles. The molecule has 0 aromatic heterocycles. The molecule has 0 amide bonds. The lowest BCUT2D eigenvalue weighted by molar-refractivity contribution is 0.121. The van der Waals surface area contributed by atoms with Crippen LogP contribution in [-0.2, 0) is 6.54 Å². The molecule has 156 valence electrons. The van der Waals surface area contributed by atoms with E-state index in [1.54, 1.807) is 0 Å². The Balaban J connectivity index is 1.49. The van der Waals surface area contributed by atoms with Crippen molar-refractivity contribution in [2.75, 3.05) is 72.5 Å². The normalized spacial score (nSPS) is 21.7. The second-order valence-electron chi connectivity index (χ2n) is 8.13. The molecule has 0 bridgehead atoms. The zero-order valence-corrected chi connectivity index (χ0v) is 18.0. The predicted octanol–water partition coefficient (Wildman–Crippen LogP) is 1.41. The van der Waals surface area contributed by atoms with Gasteiger partial charge in [0.05, 0.1) is 6.54 Å². The van der Waals surface area contributed by atoms with Gasteiger partial charge in [-0.2, -0.15) is 0 Å². The summed E-state index contributed by atoms with van der Waals surface area (Å²) in [6.45, 7) is 16.2. The Labute approximate surface area is 171 Å². The molecular formula is C22H38N6. The van der Waals surface area contributed by atoms with Crippen LogP contribution in [0.4, 0.5) is 0 Å². The van der Waals surface area contributed by atoms with Crippen LogP contribution in [0.2, 0.25) is 0 Å². The summed E-state index contributed by atoms with van der Waals surface area (Å²) in [5.74, 6) is 1.09. The molecule has 2 aliphatic heterocycles. The van der Waals surface area contributed by atoms with Gasteiger partial charge in [-0.15, -0.1) is 0 Å². The van der Waals surface area contributed by atoms with Gasteiger partial charge in [-0.05, 0) is 26.5 Å². The summed E-state index contributed by atoms with van der Waals surface area (Å²) in [5, 5.41) is 3.51. The molecule has 0 radical (unpaired) electrons. The van der Waals surface area contributed by atoms with Crippen LogP contribution in [0.1, 0.15) is 19.4 Å². The minimum atomic E-state index is 0.502. The Morgan fingerprint density at radius 3 is 2.32 bits per heavy atom. The minimum absolute atomic E-state index is 0.502. The standard InChI is InChI=1S/C22H38N6/c1-4-23-22(24-18-20(2)27-14-10-25(3)11-15-27)28-16-12-26(13-17-28)19-21-8-6-5-7-9-21/h5-9,20H,4,10-19H2,1-3H3,(H,23,24). The number of nitrogens with zero attached hydrogens (tertiary/aromatic N) is 5. The molecule has 6 nitrogen and oxygen atoms in total. The monoisotopic (exact) mass is 386 g/mol. The molecule has 1 unspecified atom stereocenters. The van der Waals surface area contributed by atoms with Crippen molar-refractivity contribution in [1.82, 2.24) is 24.9 Å². The number of aliphatic imine (C=N–C) groups is 1. The highest BCUT2D eigenvalue weighted by molar-refractivity contribution is 5.80. The van der Waals surface area contributed by atoms with Crippen molar-refractivity contribution in [1.29, 1.82) is 0 Å². The Morgan fingerprint density at radius 1 is 1.00 bits per heavy atom. The number of guanidine groups is 1. The van der Waals surface area contributed by atoms with Crippen LogP contribution in [0.3, 0.4) is 0 Å². The van der Waals surface area contributed by atoms with Crippen LogP contribution >= 0.6 is 0 Å². The van der Waals surface area contributed by atoms with Gasteiger partial charge < -0.3 is 15.1 Å². The molecule has 2 aliphatic rings. The van der Waals surface area contributed by atoms with E-state index in [0.29, 0.717) is 6.04 Å². The summed E-state index contributed by atoms with van der Waals surface area (Å²) in [5.41, 5.74) is 1.40. The average molecular weight is 387 g/mol. The summed E-state index contributed by atoms with van der Waals surface area (Å²) in [6, 6.07) is 11.3. The van der Waals surface area contributed by atoms with E-state index in [1.807, 2.05) is 0 Å². The molecule has 0 spiro atoms. The first-order valence-electron chi connectivity index (χ1n) is 10.9. The summed E-state index contributed by atoms with van der Waals surface area (Å²) in [6.07, 6.45) is 0. The van der Waals surface area contributed by atoms with Crippen LogP contribution in [0.15, 0.2) is 35.3 Å². The van der Waals surface area contributed by atoms with Gasteiger partial charge in [-0.3, -0.25) is 14.8 Å². The van der Waals surface area contributed by atoms with Crippen LogP contribution in [-0.4, -0.2) is 104 Å². The Morgan fingerprint density at radius 2 is 1.68 bits per heavy atom. The van der Waals surface area contributed by atoms with Crippen LogP contribution in [0.5, 0.6) is 0 Å². The molecule has 3 rings (SSSR count). The molecule has 1 aromatic rings. The van der Waals surface area contributed by atoms with E-state index in [0.717, 1.165) is 78.0 Å². The number of piperazine rings is 2. The van der Waals surface area contributed by atoms with Crippen molar-refractivity contribution in [3.8, 4) is 0 Å². The van der Waals surface area contributed by atoms with Gasteiger partial charge in [-0.25, -0.2) is 0 Å². The largest absolute Gasteiger partial charge is 0.357 e. The highest BCUT2D eigenvalue weighted by atomic mass is 15.4. The second kappa shape index (κ2) is 10.8. The lowest BCUT2D eigenvalue weighted by Gasteiger charge is -2.37. The van der Waals surface area contributed by atoms with Crippen molar-refractivity contribution in [3.05, 3.63) is 35.9 Å².